The highest BCUT2D eigenvalue weighted by Gasteiger charge is 2.47. The molecule has 26 heavy (non-hydrogen) atoms. The van der Waals surface area contributed by atoms with Crippen molar-refractivity contribution in [1.82, 2.24) is 24.5 Å². The van der Waals surface area contributed by atoms with E-state index >= 15 is 0 Å². The summed E-state index contributed by atoms with van der Waals surface area (Å²) in [7, 11) is 3.35. The van der Waals surface area contributed by atoms with Crippen molar-refractivity contribution in [3.05, 3.63) is 17.5 Å². The lowest BCUT2D eigenvalue weighted by Crippen LogP contribution is -2.70. The molecule has 2 saturated heterocycles. The van der Waals surface area contributed by atoms with E-state index in [1.165, 1.54) is 4.90 Å². The maximum absolute atomic E-state index is 12.9. The highest BCUT2D eigenvalue weighted by molar-refractivity contribution is 5.99. The van der Waals surface area contributed by atoms with Crippen LogP contribution in [0.3, 0.4) is 0 Å². The van der Waals surface area contributed by atoms with E-state index in [1.54, 1.807) is 41.6 Å². The summed E-state index contributed by atoms with van der Waals surface area (Å²) in [5.74, 6) is -0.651. The number of methoxy groups -OCH3 is 1. The van der Waals surface area contributed by atoms with Crippen molar-refractivity contribution in [1.29, 1.82) is 0 Å². The molecule has 2 aliphatic rings. The van der Waals surface area contributed by atoms with Gasteiger partial charge in [0.15, 0.2) is 5.69 Å². The van der Waals surface area contributed by atoms with Gasteiger partial charge in [-0.1, -0.05) is 0 Å². The third-order valence-electron chi connectivity index (χ3n) is 5.22. The van der Waals surface area contributed by atoms with Gasteiger partial charge < -0.3 is 19.4 Å². The van der Waals surface area contributed by atoms with E-state index in [4.69, 9.17) is 4.74 Å². The predicted molar refractivity (Wildman–Crippen MR) is 92.4 cm³/mol. The van der Waals surface area contributed by atoms with Crippen LogP contribution in [0.4, 0.5) is 0 Å². The molecule has 2 aliphatic heterocycles. The Kier molecular flexibility index (Phi) is 4.99. The van der Waals surface area contributed by atoms with Crippen LogP contribution in [0, 0.1) is 6.92 Å². The van der Waals surface area contributed by atoms with Gasteiger partial charge in [0.2, 0.25) is 11.8 Å². The lowest BCUT2D eigenvalue weighted by atomic mass is 10.0. The molecule has 142 valence electrons. The van der Waals surface area contributed by atoms with Crippen LogP contribution >= 0.6 is 0 Å². The number of aromatic nitrogens is 2. The molecule has 3 heterocycles. The molecule has 2 fully saturated rings. The summed E-state index contributed by atoms with van der Waals surface area (Å²) in [6.07, 6.45) is 0. The Morgan fingerprint density at radius 1 is 1.31 bits per heavy atom. The van der Waals surface area contributed by atoms with Gasteiger partial charge in [0.1, 0.15) is 12.1 Å². The third-order valence-corrected chi connectivity index (χ3v) is 5.22. The molecule has 0 N–H and O–H groups in total. The molecule has 2 atom stereocenters. The molecule has 0 saturated carbocycles. The van der Waals surface area contributed by atoms with Crippen LogP contribution in [-0.2, 0) is 21.4 Å². The van der Waals surface area contributed by atoms with Gasteiger partial charge in [0.25, 0.3) is 5.91 Å². The highest BCUT2D eigenvalue weighted by Crippen LogP contribution is 2.23. The zero-order valence-corrected chi connectivity index (χ0v) is 15.6. The number of carbonyl (C=O) groups excluding carboxylic acids is 3. The number of nitrogens with zero attached hydrogens (tertiary/aromatic N) is 5. The molecule has 0 unspecified atom stereocenters. The van der Waals surface area contributed by atoms with E-state index in [2.05, 4.69) is 5.10 Å². The number of carbonyl (C=O) groups is 3. The van der Waals surface area contributed by atoms with Gasteiger partial charge in [-0.25, -0.2) is 0 Å². The highest BCUT2D eigenvalue weighted by atomic mass is 16.5. The lowest BCUT2D eigenvalue weighted by molar-refractivity contribution is -0.160. The summed E-state index contributed by atoms with van der Waals surface area (Å²) < 4.78 is 6.67. The zero-order chi connectivity index (χ0) is 19.0. The maximum atomic E-state index is 12.9. The number of hydrogen-bond acceptors (Lipinski definition) is 5. The largest absolute Gasteiger partial charge is 0.383 e. The van der Waals surface area contributed by atoms with E-state index in [0.29, 0.717) is 26.2 Å². The minimum Gasteiger partial charge on any atom is -0.383 e. The first kappa shape index (κ1) is 18.4. The monoisotopic (exact) mass is 363 g/mol. The first-order valence-corrected chi connectivity index (χ1v) is 8.75. The van der Waals surface area contributed by atoms with Gasteiger partial charge in [-0.15, -0.1) is 0 Å². The quantitative estimate of drug-likeness (QED) is 0.703. The summed E-state index contributed by atoms with van der Waals surface area (Å²) in [5, 5.41) is 4.21. The summed E-state index contributed by atoms with van der Waals surface area (Å²) >= 11 is 0. The Morgan fingerprint density at radius 3 is 2.65 bits per heavy atom. The number of ether oxygens (including phenoxy) is 1. The number of fused-ring (bicyclic) bond motifs is 1. The van der Waals surface area contributed by atoms with Crippen LogP contribution in [-0.4, -0.2) is 94.2 Å². The minimum absolute atomic E-state index is 0.136. The smallest absolute Gasteiger partial charge is 0.275 e. The second kappa shape index (κ2) is 7.06. The van der Waals surface area contributed by atoms with Crippen LogP contribution in [0.15, 0.2) is 6.07 Å². The fraction of sp³-hybridized carbons (Fsp3) is 0.647. The molecule has 0 bridgehead atoms. The van der Waals surface area contributed by atoms with Crippen LogP contribution < -0.4 is 0 Å². The van der Waals surface area contributed by atoms with Gasteiger partial charge >= 0.3 is 0 Å². The molecule has 3 amide bonds. The van der Waals surface area contributed by atoms with Crippen LogP contribution in [0.2, 0.25) is 0 Å². The Bertz CT molecular complexity index is 711. The molecule has 0 aromatic carbocycles. The average molecular weight is 363 g/mol. The number of hydrogen-bond donors (Lipinski definition) is 0. The standard InChI is InChI=1S/C17H25N5O4/c1-11-9-13(18-19(11)3)16(24)22-10-14-17(25)20(7-8-26-4)5-6-21(14)15(23)12(22)2/h9,12,14H,5-8,10H2,1-4H3/t12-,14-/m0/s1. The predicted octanol–water partition coefficient (Wildman–Crippen LogP) is -0.741. The van der Waals surface area contributed by atoms with E-state index in [9.17, 15) is 14.4 Å². The van der Waals surface area contributed by atoms with E-state index < -0.39 is 12.1 Å². The number of aryl methyl sites for hydroxylation is 2. The van der Waals surface area contributed by atoms with Gasteiger partial charge in [-0.2, -0.15) is 5.10 Å². The molecular weight excluding hydrogens is 338 g/mol. The summed E-state index contributed by atoms with van der Waals surface area (Å²) in [6.45, 7) is 5.64. The van der Waals surface area contributed by atoms with Gasteiger partial charge in [-0.3, -0.25) is 19.1 Å². The lowest BCUT2D eigenvalue weighted by Gasteiger charge is -2.48. The maximum Gasteiger partial charge on any atom is 0.275 e. The average Bonchev–Trinajstić information content (AvgIpc) is 2.96. The SMILES string of the molecule is COCCN1CCN2C(=O)[C@H](C)N(C(=O)c3cc(C)n(C)n3)C[C@H]2C1=O. The normalized spacial score (nSPS) is 23.5. The van der Waals surface area contributed by atoms with Crippen molar-refractivity contribution in [2.24, 2.45) is 7.05 Å². The Hall–Kier alpha value is -2.42. The van der Waals surface area contributed by atoms with Crippen LogP contribution in [0.25, 0.3) is 0 Å². The summed E-state index contributed by atoms with van der Waals surface area (Å²) in [5.41, 5.74) is 1.14. The van der Waals surface area contributed by atoms with Crippen molar-refractivity contribution >= 4 is 17.7 Å². The second-order valence-corrected chi connectivity index (χ2v) is 6.79. The molecule has 0 radical (unpaired) electrons. The topological polar surface area (TPSA) is 88.0 Å². The van der Waals surface area contributed by atoms with Crippen LogP contribution in [0.1, 0.15) is 23.1 Å². The fourth-order valence-corrected chi connectivity index (χ4v) is 3.49. The van der Waals surface area contributed by atoms with Crippen molar-refractivity contribution in [2.45, 2.75) is 25.9 Å². The van der Waals surface area contributed by atoms with Gasteiger partial charge in [-0.05, 0) is 19.9 Å². The van der Waals surface area contributed by atoms with Gasteiger partial charge in [0, 0.05) is 39.5 Å². The molecule has 3 rings (SSSR count). The molecule has 9 heteroatoms. The van der Waals surface area contributed by atoms with E-state index in [0.717, 1.165) is 5.69 Å². The van der Waals surface area contributed by atoms with Gasteiger partial charge in [0.05, 0.1) is 13.2 Å². The Balaban J connectivity index is 1.82. The molecule has 0 aliphatic carbocycles. The third kappa shape index (κ3) is 3.07. The fourth-order valence-electron chi connectivity index (χ4n) is 3.49. The molecule has 0 spiro atoms. The minimum atomic E-state index is -0.641. The second-order valence-electron chi connectivity index (χ2n) is 6.79. The molecular formula is C17H25N5O4. The summed E-state index contributed by atoms with van der Waals surface area (Å²) in [6, 6.07) is 0.442. The van der Waals surface area contributed by atoms with Crippen molar-refractivity contribution in [3.63, 3.8) is 0 Å². The first-order valence-electron chi connectivity index (χ1n) is 8.75. The molecule has 1 aromatic heterocycles. The first-order chi connectivity index (χ1) is 12.3. The number of piperazine rings is 2. The number of amides is 3. The van der Waals surface area contributed by atoms with Crippen LogP contribution in [0.5, 0.6) is 0 Å². The summed E-state index contributed by atoms with van der Waals surface area (Å²) in [4.78, 5) is 43.2. The Morgan fingerprint density at radius 2 is 2.04 bits per heavy atom. The Labute approximate surface area is 152 Å². The van der Waals surface area contributed by atoms with Crippen molar-refractivity contribution in [2.75, 3.05) is 39.9 Å². The zero-order valence-electron chi connectivity index (χ0n) is 15.6. The van der Waals surface area contributed by atoms with Crippen molar-refractivity contribution in [3.8, 4) is 0 Å². The van der Waals surface area contributed by atoms with E-state index in [1.807, 2.05) is 6.92 Å². The molecule has 1 aromatic rings. The van der Waals surface area contributed by atoms with E-state index in [-0.39, 0.29) is 30.0 Å². The molecule has 9 nitrogen and oxygen atoms in total. The number of rotatable bonds is 4. The van der Waals surface area contributed by atoms with Crippen molar-refractivity contribution < 1.29 is 19.1 Å².